The van der Waals surface area contributed by atoms with Crippen molar-refractivity contribution in [1.29, 1.82) is 0 Å². The first-order valence-corrected chi connectivity index (χ1v) is 9.88. The standard InChI is InChI=1S/C21H20N4O2S/c1-13-7-6-8-14(2)19(13)22-18(26)12-28-21-24-23-20(25(21)3)17-11-15-9-4-5-10-16(15)27-17/h4-11H,12H2,1-3H3,(H,22,26). The quantitative estimate of drug-likeness (QED) is 0.504. The minimum atomic E-state index is -0.0734. The normalized spacial score (nSPS) is 11.1. The Labute approximate surface area is 167 Å². The monoisotopic (exact) mass is 392 g/mol. The van der Waals surface area contributed by atoms with Gasteiger partial charge in [0.05, 0.1) is 5.75 Å². The Balaban J connectivity index is 1.47. The van der Waals surface area contributed by atoms with E-state index < -0.39 is 0 Å². The number of thioether (sulfide) groups is 1. The van der Waals surface area contributed by atoms with Crippen molar-refractivity contribution in [1.82, 2.24) is 14.8 Å². The average molecular weight is 392 g/mol. The van der Waals surface area contributed by atoms with E-state index >= 15 is 0 Å². The molecule has 1 amide bonds. The molecule has 7 heteroatoms. The molecule has 0 saturated heterocycles. The molecule has 0 aliphatic heterocycles. The van der Waals surface area contributed by atoms with Gasteiger partial charge in [0.1, 0.15) is 5.58 Å². The van der Waals surface area contributed by atoms with Gasteiger partial charge in [0.15, 0.2) is 16.7 Å². The van der Waals surface area contributed by atoms with Crippen LogP contribution in [0.4, 0.5) is 5.69 Å². The Kier molecular flexibility index (Phi) is 4.92. The molecule has 28 heavy (non-hydrogen) atoms. The van der Waals surface area contributed by atoms with E-state index in [0.29, 0.717) is 16.7 Å². The number of para-hydroxylation sites is 2. The number of anilines is 1. The molecule has 1 N–H and O–H groups in total. The number of aromatic nitrogens is 3. The van der Waals surface area contributed by atoms with Gasteiger partial charge >= 0.3 is 0 Å². The summed E-state index contributed by atoms with van der Waals surface area (Å²) in [5, 5.41) is 13.1. The number of nitrogens with one attached hydrogen (secondary N) is 1. The van der Waals surface area contributed by atoms with E-state index in [9.17, 15) is 4.79 Å². The summed E-state index contributed by atoms with van der Waals surface area (Å²) in [4.78, 5) is 12.4. The first-order chi connectivity index (χ1) is 13.5. The predicted octanol–water partition coefficient (Wildman–Crippen LogP) is 4.58. The highest BCUT2D eigenvalue weighted by Crippen LogP contribution is 2.28. The SMILES string of the molecule is Cc1cccc(C)c1NC(=O)CSc1nnc(-c2cc3ccccc3o2)n1C. The van der Waals surface area contributed by atoms with Crippen molar-refractivity contribution in [3.63, 3.8) is 0 Å². The van der Waals surface area contributed by atoms with Gasteiger partial charge in [0.2, 0.25) is 5.91 Å². The summed E-state index contributed by atoms with van der Waals surface area (Å²) in [6, 6.07) is 15.7. The first-order valence-electron chi connectivity index (χ1n) is 8.90. The maximum Gasteiger partial charge on any atom is 0.234 e. The third-order valence-electron chi connectivity index (χ3n) is 4.56. The van der Waals surface area contributed by atoms with Crippen LogP contribution in [0.1, 0.15) is 11.1 Å². The Hall–Kier alpha value is -3.06. The minimum absolute atomic E-state index is 0.0734. The number of amides is 1. The number of fused-ring (bicyclic) bond motifs is 1. The number of hydrogen-bond acceptors (Lipinski definition) is 5. The third kappa shape index (κ3) is 3.53. The fraction of sp³-hybridized carbons (Fsp3) is 0.190. The molecule has 142 valence electrons. The molecule has 0 fully saturated rings. The summed E-state index contributed by atoms with van der Waals surface area (Å²) in [7, 11) is 1.87. The van der Waals surface area contributed by atoms with Crippen LogP contribution in [0, 0.1) is 13.8 Å². The second-order valence-electron chi connectivity index (χ2n) is 6.62. The van der Waals surface area contributed by atoms with E-state index in [0.717, 1.165) is 27.8 Å². The summed E-state index contributed by atoms with van der Waals surface area (Å²) in [6.45, 7) is 3.97. The minimum Gasteiger partial charge on any atom is -0.453 e. The average Bonchev–Trinajstić information content (AvgIpc) is 3.26. The van der Waals surface area contributed by atoms with E-state index in [1.54, 1.807) is 0 Å². The molecule has 4 aromatic rings. The lowest BCUT2D eigenvalue weighted by atomic mass is 10.1. The lowest BCUT2D eigenvalue weighted by molar-refractivity contribution is -0.113. The van der Waals surface area contributed by atoms with Crippen molar-refractivity contribution in [2.45, 2.75) is 19.0 Å². The number of rotatable bonds is 5. The molecule has 0 unspecified atom stereocenters. The molecular formula is C21H20N4O2S. The largest absolute Gasteiger partial charge is 0.453 e. The van der Waals surface area contributed by atoms with Gasteiger partial charge in [-0.05, 0) is 37.1 Å². The smallest absolute Gasteiger partial charge is 0.234 e. The van der Waals surface area contributed by atoms with Crippen LogP contribution in [0.2, 0.25) is 0 Å². The number of carbonyl (C=O) groups excluding carboxylic acids is 1. The molecule has 0 spiro atoms. The van der Waals surface area contributed by atoms with Gasteiger partial charge in [0.25, 0.3) is 0 Å². The van der Waals surface area contributed by atoms with Crippen LogP contribution in [0.3, 0.4) is 0 Å². The molecule has 0 aliphatic carbocycles. The van der Waals surface area contributed by atoms with Gasteiger partial charge in [-0.15, -0.1) is 10.2 Å². The van der Waals surface area contributed by atoms with Crippen LogP contribution in [-0.4, -0.2) is 26.4 Å². The molecule has 2 aromatic heterocycles. The van der Waals surface area contributed by atoms with E-state index in [1.807, 2.05) is 74.0 Å². The summed E-state index contributed by atoms with van der Waals surface area (Å²) in [5.74, 6) is 1.47. The van der Waals surface area contributed by atoms with Crippen LogP contribution in [0.5, 0.6) is 0 Å². The maximum atomic E-state index is 12.4. The van der Waals surface area contributed by atoms with Crippen LogP contribution in [0.25, 0.3) is 22.6 Å². The Morgan fingerprint density at radius 1 is 1.11 bits per heavy atom. The van der Waals surface area contributed by atoms with Gasteiger partial charge < -0.3 is 14.3 Å². The lowest BCUT2D eigenvalue weighted by Gasteiger charge is -2.11. The van der Waals surface area contributed by atoms with Gasteiger partial charge in [-0.1, -0.05) is 48.2 Å². The van der Waals surface area contributed by atoms with Crippen LogP contribution < -0.4 is 5.32 Å². The summed E-state index contributed by atoms with van der Waals surface area (Å²) >= 11 is 1.34. The topological polar surface area (TPSA) is 73.0 Å². The van der Waals surface area contributed by atoms with Gasteiger partial charge in [0, 0.05) is 18.1 Å². The van der Waals surface area contributed by atoms with E-state index in [2.05, 4.69) is 15.5 Å². The molecule has 0 aliphatic rings. The van der Waals surface area contributed by atoms with E-state index in [4.69, 9.17) is 4.42 Å². The Morgan fingerprint density at radius 2 is 1.86 bits per heavy atom. The van der Waals surface area contributed by atoms with Crippen LogP contribution in [0.15, 0.2) is 58.1 Å². The molecule has 2 heterocycles. The summed E-state index contributed by atoms with van der Waals surface area (Å²) < 4.78 is 7.71. The van der Waals surface area contributed by atoms with Crippen molar-refractivity contribution >= 4 is 34.3 Å². The zero-order valence-electron chi connectivity index (χ0n) is 15.9. The number of furan rings is 1. The van der Waals surface area contributed by atoms with Gasteiger partial charge in [-0.3, -0.25) is 4.79 Å². The zero-order chi connectivity index (χ0) is 19.7. The molecular weight excluding hydrogens is 372 g/mol. The van der Waals surface area contributed by atoms with E-state index in [-0.39, 0.29) is 11.7 Å². The maximum absolute atomic E-state index is 12.4. The molecule has 0 bridgehead atoms. The van der Waals surface area contributed by atoms with Crippen molar-refractivity contribution < 1.29 is 9.21 Å². The molecule has 0 radical (unpaired) electrons. The van der Waals surface area contributed by atoms with Crippen molar-refractivity contribution in [2.75, 3.05) is 11.1 Å². The zero-order valence-corrected chi connectivity index (χ0v) is 16.7. The lowest BCUT2D eigenvalue weighted by Crippen LogP contribution is -2.16. The highest BCUT2D eigenvalue weighted by atomic mass is 32.2. The van der Waals surface area contributed by atoms with Crippen LogP contribution in [-0.2, 0) is 11.8 Å². The van der Waals surface area contributed by atoms with Crippen molar-refractivity contribution in [2.24, 2.45) is 7.05 Å². The Bertz CT molecular complexity index is 1110. The first kappa shape index (κ1) is 18.3. The van der Waals surface area contributed by atoms with Gasteiger partial charge in [-0.25, -0.2) is 0 Å². The highest BCUT2D eigenvalue weighted by Gasteiger charge is 2.16. The molecule has 0 saturated carbocycles. The van der Waals surface area contributed by atoms with E-state index in [1.165, 1.54) is 11.8 Å². The number of carbonyl (C=O) groups is 1. The molecule has 2 aromatic carbocycles. The number of benzene rings is 2. The van der Waals surface area contributed by atoms with Crippen molar-refractivity contribution in [3.05, 3.63) is 59.7 Å². The fourth-order valence-electron chi connectivity index (χ4n) is 3.06. The Morgan fingerprint density at radius 3 is 2.61 bits per heavy atom. The van der Waals surface area contributed by atoms with Crippen molar-refractivity contribution in [3.8, 4) is 11.6 Å². The molecule has 6 nitrogen and oxygen atoms in total. The predicted molar refractivity (Wildman–Crippen MR) is 111 cm³/mol. The van der Waals surface area contributed by atoms with Gasteiger partial charge in [-0.2, -0.15) is 0 Å². The number of aryl methyl sites for hydroxylation is 2. The highest BCUT2D eigenvalue weighted by molar-refractivity contribution is 7.99. The second kappa shape index (κ2) is 7.52. The molecule has 0 atom stereocenters. The second-order valence-corrected chi connectivity index (χ2v) is 7.56. The number of nitrogens with zero attached hydrogens (tertiary/aromatic N) is 3. The number of hydrogen-bond donors (Lipinski definition) is 1. The summed E-state index contributed by atoms with van der Waals surface area (Å²) in [5.41, 5.74) is 3.77. The third-order valence-corrected chi connectivity index (χ3v) is 5.58. The summed E-state index contributed by atoms with van der Waals surface area (Å²) in [6.07, 6.45) is 0. The molecule has 4 rings (SSSR count). The fourth-order valence-corrected chi connectivity index (χ4v) is 3.78. The van der Waals surface area contributed by atoms with Crippen LogP contribution >= 0.6 is 11.8 Å².